The zero-order valence-corrected chi connectivity index (χ0v) is 18.7. The Kier molecular flexibility index (Phi) is 6.30. The van der Waals surface area contributed by atoms with Gasteiger partial charge in [0, 0.05) is 26.3 Å². The van der Waals surface area contributed by atoms with Crippen LogP contribution in [0.4, 0.5) is 0 Å². The molecule has 3 aromatic rings. The van der Waals surface area contributed by atoms with Crippen LogP contribution in [0.5, 0.6) is 5.75 Å². The molecule has 1 saturated heterocycles. The zero-order chi connectivity index (χ0) is 22.7. The highest BCUT2D eigenvalue weighted by atomic mass is 16.5. The van der Waals surface area contributed by atoms with E-state index in [1.165, 1.54) is 0 Å². The SMILES string of the molecule is CCOC(=O)C1CCN(C(=O)c2cc(-c3cccn3C)nn2-c2ccc(OC)cc2)CC1. The van der Waals surface area contributed by atoms with Crippen LogP contribution in [0.25, 0.3) is 17.1 Å². The van der Waals surface area contributed by atoms with Crippen LogP contribution in [0.2, 0.25) is 0 Å². The molecular formula is C24H28N4O4. The van der Waals surface area contributed by atoms with Crippen molar-refractivity contribution in [1.82, 2.24) is 19.2 Å². The fourth-order valence-corrected chi connectivity index (χ4v) is 4.05. The smallest absolute Gasteiger partial charge is 0.309 e. The highest BCUT2D eigenvalue weighted by Gasteiger charge is 2.30. The highest BCUT2D eigenvalue weighted by Crippen LogP contribution is 2.26. The van der Waals surface area contributed by atoms with Crippen LogP contribution in [-0.4, -0.2) is 57.9 Å². The van der Waals surface area contributed by atoms with Gasteiger partial charge in [-0.05, 0) is 62.2 Å². The summed E-state index contributed by atoms with van der Waals surface area (Å²) in [4.78, 5) is 27.3. The molecular weight excluding hydrogens is 408 g/mol. The second-order valence-electron chi connectivity index (χ2n) is 7.85. The Morgan fingerprint density at radius 3 is 2.44 bits per heavy atom. The standard InChI is InChI=1S/C24H28N4O4/c1-4-32-24(30)17-11-14-27(15-12-17)23(29)22-16-20(21-6-5-13-26(21)2)25-28(22)18-7-9-19(31-3)10-8-18/h5-10,13,16-17H,4,11-12,14-15H2,1-3H3. The molecule has 0 aliphatic carbocycles. The molecule has 3 heterocycles. The summed E-state index contributed by atoms with van der Waals surface area (Å²) in [5.41, 5.74) is 2.90. The van der Waals surface area contributed by atoms with Gasteiger partial charge < -0.3 is 18.9 Å². The lowest BCUT2D eigenvalue weighted by molar-refractivity contribution is -0.149. The third-order valence-corrected chi connectivity index (χ3v) is 5.85. The molecule has 1 aromatic carbocycles. The third kappa shape index (κ3) is 4.26. The first kappa shape index (κ1) is 21.7. The number of carbonyl (C=O) groups is 2. The minimum Gasteiger partial charge on any atom is -0.497 e. The number of hydrogen-bond donors (Lipinski definition) is 0. The zero-order valence-electron chi connectivity index (χ0n) is 18.7. The predicted octanol–water partition coefficient (Wildman–Crippen LogP) is 3.30. The number of esters is 1. The molecule has 0 atom stereocenters. The fourth-order valence-electron chi connectivity index (χ4n) is 4.05. The van der Waals surface area contributed by atoms with Crippen molar-refractivity contribution in [2.24, 2.45) is 13.0 Å². The van der Waals surface area contributed by atoms with E-state index in [0.29, 0.717) is 38.2 Å². The lowest BCUT2D eigenvalue weighted by Gasteiger charge is -2.30. The van der Waals surface area contributed by atoms with Gasteiger partial charge in [0.1, 0.15) is 17.1 Å². The van der Waals surface area contributed by atoms with Crippen molar-refractivity contribution in [3.05, 3.63) is 54.4 Å². The van der Waals surface area contributed by atoms with E-state index in [-0.39, 0.29) is 17.8 Å². The second kappa shape index (κ2) is 9.30. The summed E-state index contributed by atoms with van der Waals surface area (Å²) < 4.78 is 14.1. The summed E-state index contributed by atoms with van der Waals surface area (Å²) in [6, 6.07) is 13.2. The van der Waals surface area contributed by atoms with Gasteiger partial charge in [-0.3, -0.25) is 9.59 Å². The van der Waals surface area contributed by atoms with Crippen LogP contribution in [0.3, 0.4) is 0 Å². The van der Waals surface area contributed by atoms with E-state index in [1.54, 1.807) is 23.6 Å². The highest BCUT2D eigenvalue weighted by molar-refractivity contribution is 5.94. The molecule has 2 aromatic heterocycles. The lowest BCUT2D eigenvalue weighted by atomic mass is 9.97. The topological polar surface area (TPSA) is 78.6 Å². The molecule has 0 radical (unpaired) electrons. The average molecular weight is 437 g/mol. The number of aromatic nitrogens is 3. The molecule has 1 aliphatic heterocycles. The van der Waals surface area contributed by atoms with Gasteiger partial charge in [0.25, 0.3) is 5.91 Å². The Morgan fingerprint density at radius 1 is 1.12 bits per heavy atom. The lowest BCUT2D eigenvalue weighted by Crippen LogP contribution is -2.41. The summed E-state index contributed by atoms with van der Waals surface area (Å²) in [6.07, 6.45) is 3.15. The Morgan fingerprint density at radius 2 is 1.84 bits per heavy atom. The monoisotopic (exact) mass is 436 g/mol. The molecule has 0 N–H and O–H groups in total. The van der Waals surface area contributed by atoms with Crippen molar-refractivity contribution in [1.29, 1.82) is 0 Å². The van der Waals surface area contributed by atoms with Crippen LogP contribution in [0.1, 0.15) is 30.3 Å². The number of nitrogens with zero attached hydrogens (tertiary/aromatic N) is 4. The normalized spacial score (nSPS) is 14.4. The number of piperidine rings is 1. The Hall–Kier alpha value is -3.55. The Balaban J connectivity index is 1.63. The molecule has 0 unspecified atom stereocenters. The van der Waals surface area contributed by atoms with Crippen molar-refractivity contribution in [2.75, 3.05) is 26.8 Å². The summed E-state index contributed by atoms with van der Waals surface area (Å²) in [5, 5.41) is 4.76. The van der Waals surface area contributed by atoms with E-state index >= 15 is 0 Å². The molecule has 1 aliphatic rings. The minimum atomic E-state index is -0.172. The van der Waals surface area contributed by atoms with Crippen LogP contribution < -0.4 is 4.74 Å². The van der Waals surface area contributed by atoms with Crippen LogP contribution >= 0.6 is 0 Å². The van der Waals surface area contributed by atoms with Crippen LogP contribution in [0, 0.1) is 5.92 Å². The van der Waals surface area contributed by atoms with E-state index in [0.717, 1.165) is 22.8 Å². The Labute approximate surface area is 187 Å². The van der Waals surface area contributed by atoms with Crippen molar-refractivity contribution in [2.45, 2.75) is 19.8 Å². The molecule has 8 heteroatoms. The van der Waals surface area contributed by atoms with Gasteiger partial charge in [-0.15, -0.1) is 0 Å². The number of carbonyl (C=O) groups excluding carboxylic acids is 2. The molecule has 4 rings (SSSR count). The molecule has 8 nitrogen and oxygen atoms in total. The first-order chi connectivity index (χ1) is 15.5. The summed E-state index contributed by atoms with van der Waals surface area (Å²) in [7, 11) is 3.56. The molecule has 168 valence electrons. The maximum atomic E-state index is 13.5. The van der Waals surface area contributed by atoms with E-state index < -0.39 is 0 Å². The van der Waals surface area contributed by atoms with Gasteiger partial charge in [0.15, 0.2) is 0 Å². The van der Waals surface area contributed by atoms with E-state index in [1.807, 2.05) is 60.3 Å². The van der Waals surface area contributed by atoms with Crippen molar-refractivity contribution >= 4 is 11.9 Å². The van der Waals surface area contributed by atoms with Crippen LogP contribution in [-0.2, 0) is 16.6 Å². The quantitative estimate of drug-likeness (QED) is 0.554. The molecule has 1 fully saturated rings. The maximum absolute atomic E-state index is 13.5. The number of ether oxygens (including phenoxy) is 2. The number of likely N-dealkylation sites (tertiary alicyclic amines) is 1. The first-order valence-electron chi connectivity index (χ1n) is 10.8. The number of benzene rings is 1. The second-order valence-corrected chi connectivity index (χ2v) is 7.85. The first-order valence-corrected chi connectivity index (χ1v) is 10.8. The van der Waals surface area contributed by atoms with Gasteiger partial charge in [-0.2, -0.15) is 5.10 Å². The summed E-state index contributed by atoms with van der Waals surface area (Å²) >= 11 is 0. The van der Waals surface area contributed by atoms with Gasteiger partial charge in [0.05, 0.1) is 31.0 Å². The largest absolute Gasteiger partial charge is 0.497 e. The van der Waals surface area contributed by atoms with Crippen molar-refractivity contribution < 1.29 is 19.1 Å². The average Bonchev–Trinajstić information content (AvgIpc) is 3.45. The number of methoxy groups -OCH3 is 1. The number of aryl methyl sites for hydroxylation is 1. The van der Waals surface area contributed by atoms with Crippen molar-refractivity contribution in [3.63, 3.8) is 0 Å². The molecule has 1 amide bonds. The predicted molar refractivity (Wildman–Crippen MR) is 120 cm³/mol. The van der Waals surface area contributed by atoms with Gasteiger partial charge in [-0.1, -0.05) is 0 Å². The van der Waals surface area contributed by atoms with Crippen molar-refractivity contribution in [3.8, 4) is 22.8 Å². The van der Waals surface area contributed by atoms with E-state index in [4.69, 9.17) is 14.6 Å². The number of rotatable bonds is 6. The molecule has 0 bridgehead atoms. The summed E-state index contributed by atoms with van der Waals surface area (Å²) in [6.45, 7) is 3.20. The minimum absolute atomic E-state index is 0.101. The van der Waals surface area contributed by atoms with Gasteiger partial charge in [-0.25, -0.2) is 4.68 Å². The summed E-state index contributed by atoms with van der Waals surface area (Å²) in [5.74, 6) is 0.312. The van der Waals surface area contributed by atoms with Crippen LogP contribution in [0.15, 0.2) is 48.7 Å². The molecule has 0 spiro atoms. The third-order valence-electron chi connectivity index (χ3n) is 5.85. The fraction of sp³-hybridized carbons (Fsp3) is 0.375. The maximum Gasteiger partial charge on any atom is 0.309 e. The van der Waals surface area contributed by atoms with E-state index in [2.05, 4.69) is 0 Å². The number of amides is 1. The number of hydrogen-bond acceptors (Lipinski definition) is 5. The van der Waals surface area contributed by atoms with E-state index in [9.17, 15) is 9.59 Å². The molecule has 0 saturated carbocycles. The molecule has 32 heavy (non-hydrogen) atoms. The Bertz CT molecular complexity index is 1090. The van der Waals surface area contributed by atoms with Gasteiger partial charge in [0.2, 0.25) is 0 Å². The van der Waals surface area contributed by atoms with Gasteiger partial charge >= 0.3 is 5.97 Å².